The lowest BCUT2D eigenvalue weighted by Gasteiger charge is -2.07. The van der Waals surface area contributed by atoms with E-state index in [1.807, 2.05) is 0 Å². The number of nitrogen functional groups attached to an aromatic ring is 1. The van der Waals surface area contributed by atoms with Crippen molar-refractivity contribution in [3.05, 3.63) is 35.7 Å². The lowest BCUT2D eigenvalue weighted by atomic mass is 10.3. The lowest BCUT2D eigenvalue weighted by Crippen LogP contribution is -1.95. The van der Waals surface area contributed by atoms with Gasteiger partial charge in [0.15, 0.2) is 5.65 Å². The second kappa shape index (κ2) is 4.40. The molecule has 0 spiro atoms. The highest BCUT2D eigenvalue weighted by atomic mass is 35.5. The molecule has 0 fully saturated rings. The van der Waals surface area contributed by atoms with E-state index in [4.69, 9.17) is 22.1 Å². The van der Waals surface area contributed by atoms with Crippen LogP contribution in [0.15, 0.2) is 30.7 Å². The summed E-state index contributed by atoms with van der Waals surface area (Å²) in [5, 5.41) is 5.29. The Kier molecular flexibility index (Phi) is 2.72. The zero-order valence-corrected chi connectivity index (χ0v) is 10.8. The number of aromatic nitrogens is 4. The fourth-order valence-corrected chi connectivity index (χ4v) is 1.88. The summed E-state index contributed by atoms with van der Waals surface area (Å²) < 4.78 is 7.34. The van der Waals surface area contributed by atoms with Crippen molar-refractivity contribution in [2.75, 3.05) is 5.73 Å². The van der Waals surface area contributed by atoms with Gasteiger partial charge < -0.3 is 10.5 Å². The number of anilines is 1. The minimum absolute atomic E-state index is 0.394. The highest BCUT2D eigenvalue weighted by Crippen LogP contribution is 2.32. The van der Waals surface area contributed by atoms with E-state index < -0.39 is 0 Å². The van der Waals surface area contributed by atoms with Crippen molar-refractivity contribution in [2.45, 2.75) is 0 Å². The Morgan fingerprint density at radius 3 is 3.00 bits per heavy atom. The summed E-state index contributed by atoms with van der Waals surface area (Å²) in [6.45, 7) is 0. The second-order valence-corrected chi connectivity index (χ2v) is 4.38. The molecular formula is C12H10ClN5O. The summed E-state index contributed by atoms with van der Waals surface area (Å²) in [4.78, 5) is 8.23. The van der Waals surface area contributed by atoms with Gasteiger partial charge in [-0.3, -0.25) is 4.68 Å². The predicted molar refractivity (Wildman–Crippen MR) is 72.2 cm³/mol. The quantitative estimate of drug-likeness (QED) is 0.727. The van der Waals surface area contributed by atoms with E-state index in [2.05, 4.69) is 15.1 Å². The molecular weight excluding hydrogens is 266 g/mol. The molecule has 1 aromatic carbocycles. The molecule has 0 radical (unpaired) electrons. The van der Waals surface area contributed by atoms with Gasteiger partial charge in [0.25, 0.3) is 0 Å². The Bertz CT molecular complexity index is 755. The monoisotopic (exact) mass is 275 g/mol. The van der Waals surface area contributed by atoms with Crippen molar-refractivity contribution in [2.24, 2.45) is 7.05 Å². The topological polar surface area (TPSA) is 78.9 Å². The Morgan fingerprint density at radius 1 is 1.32 bits per heavy atom. The molecule has 3 aromatic rings. The summed E-state index contributed by atoms with van der Waals surface area (Å²) >= 11 is 6.06. The maximum absolute atomic E-state index is 6.06. The third-order valence-corrected chi connectivity index (χ3v) is 2.97. The van der Waals surface area contributed by atoms with Crippen molar-refractivity contribution in [3.63, 3.8) is 0 Å². The first-order valence-corrected chi connectivity index (χ1v) is 5.88. The summed E-state index contributed by atoms with van der Waals surface area (Å²) in [7, 11) is 1.80. The van der Waals surface area contributed by atoms with Crippen LogP contribution in [-0.4, -0.2) is 19.7 Å². The van der Waals surface area contributed by atoms with Gasteiger partial charge in [-0.2, -0.15) is 5.10 Å². The van der Waals surface area contributed by atoms with Crippen LogP contribution in [0.1, 0.15) is 0 Å². The molecule has 2 N–H and O–H groups in total. The Labute approximate surface area is 113 Å². The smallest absolute Gasteiger partial charge is 0.233 e. The van der Waals surface area contributed by atoms with Crippen LogP contribution in [0.25, 0.3) is 11.0 Å². The Hall–Kier alpha value is -2.34. The largest absolute Gasteiger partial charge is 0.436 e. The predicted octanol–water partition coefficient (Wildman–Crippen LogP) is 2.39. The van der Waals surface area contributed by atoms with E-state index in [0.29, 0.717) is 33.4 Å². The Morgan fingerprint density at radius 2 is 2.16 bits per heavy atom. The molecule has 0 saturated carbocycles. The van der Waals surface area contributed by atoms with Crippen molar-refractivity contribution in [1.29, 1.82) is 0 Å². The first kappa shape index (κ1) is 11.7. The molecule has 2 heterocycles. The van der Waals surface area contributed by atoms with Crippen LogP contribution in [0.5, 0.6) is 11.6 Å². The van der Waals surface area contributed by atoms with Crippen LogP contribution in [0.2, 0.25) is 5.02 Å². The van der Waals surface area contributed by atoms with Crippen LogP contribution in [0.3, 0.4) is 0 Å². The molecule has 6 nitrogen and oxygen atoms in total. The number of rotatable bonds is 2. The number of hydrogen-bond donors (Lipinski definition) is 1. The van der Waals surface area contributed by atoms with Gasteiger partial charge in [0, 0.05) is 18.8 Å². The molecule has 0 saturated heterocycles. The number of halogens is 1. The molecule has 0 aliphatic rings. The number of ether oxygens (including phenoxy) is 1. The molecule has 0 aliphatic carbocycles. The summed E-state index contributed by atoms with van der Waals surface area (Å²) in [5.74, 6) is 0.844. The molecule has 7 heteroatoms. The van der Waals surface area contributed by atoms with Crippen molar-refractivity contribution in [3.8, 4) is 11.6 Å². The van der Waals surface area contributed by atoms with E-state index in [0.717, 1.165) is 0 Å². The number of nitrogens with two attached hydrogens (primary N) is 1. The van der Waals surface area contributed by atoms with Gasteiger partial charge in [-0.05, 0) is 12.1 Å². The minimum Gasteiger partial charge on any atom is -0.436 e. The minimum atomic E-state index is 0.394. The van der Waals surface area contributed by atoms with Crippen LogP contribution in [-0.2, 0) is 7.05 Å². The zero-order valence-electron chi connectivity index (χ0n) is 10.0. The van der Waals surface area contributed by atoms with Gasteiger partial charge in [0.05, 0.1) is 11.2 Å². The van der Waals surface area contributed by atoms with E-state index >= 15 is 0 Å². The van der Waals surface area contributed by atoms with Gasteiger partial charge in [0.2, 0.25) is 5.88 Å². The number of hydrogen-bond acceptors (Lipinski definition) is 5. The summed E-state index contributed by atoms with van der Waals surface area (Å²) in [6.07, 6.45) is 3.06. The molecule has 96 valence electrons. The van der Waals surface area contributed by atoms with Gasteiger partial charge in [-0.25, -0.2) is 9.97 Å². The molecule has 19 heavy (non-hydrogen) atoms. The first-order chi connectivity index (χ1) is 9.15. The standard InChI is InChI=1S/C12H10ClN5O/c1-18-11-8(5-17-18)12(16-6-15-11)19-10-4-7(14)2-3-9(10)13/h2-6H,14H2,1H3. The number of aryl methyl sites for hydroxylation is 1. The second-order valence-electron chi connectivity index (χ2n) is 3.98. The Balaban J connectivity index is 2.08. The SMILES string of the molecule is Cn1ncc2c(Oc3cc(N)ccc3Cl)ncnc21. The average molecular weight is 276 g/mol. The van der Waals surface area contributed by atoms with Gasteiger partial charge in [-0.1, -0.05) is 11.6 Å². The molecule has 0 atom stereocenters. The molecule has 2 aromatic heterocycles. The maximum atomic E-state index is 6.06. The summed E-state index contributed by atoms with van der Waals surface area (Å²) in [5.41, 5.74) is 6.96. The van der Waals surface area contributed by atoms with Crippen molar-refractivity contribution in [1.82, 2.24) is 19.7 Å². The maximum Gasteiger partial charge on any atom is 0.233 e. The third-order valence-electron chi connectivity index (χ3n) is 2.65. The van der Waals surface area contributed by atoms with Gasteiger partial charge in [-0.15, -0.1) is 0 Å². The lowest BCUT2D eigenvalue weighted by molar-refractivity contribution is 0.468. The van der Waals surface area contributed by atoms with Crippen LogP contribution in [0, 0.1) is 0 Å². The number of benzene rings is 1. The highest BCUT2D eigenvalue weighted by Gasteiger charge is 2.11. The number of nitrogens with zero attached hydrogens (tertiary/aromatic N) is 4. The van der Waals surface area contributed by atoms with E-state index in [-0.39, 0.29) is 0 Å². The molecule has 0 aliphatic heterocycles. The highest BCUT2D eigenvalue weighted by molar-refractivity contribution is 6.32. The van der Waals surface area contributed by atoms with Gasteiger partial charge >= 0.3 is 0 Å². The molecule has 0 bridgehead atoms. The molecule has 3 rings (SSSR count). The molecule has 0 amide bonds. The van der Waals surface area contributed by atoms with Crippen molar-refractivity contribution < 1.29 is 4.74 Å². The van der Waals surface area contributed by atoms with Crippen molar-refractivity contribution >= 4 is 28.3 Å². The van der Waals surface area contributed by atoms with Gasteiger partial charge in [0.1, 0.15) is 17.5 Å². The average Bonchev–Trinajstić information content (AvgIpc) is 2.77. The number of fused-ring (bicyclic) bond motifs is 1. The van der Waals surface area contributed by atoms with Crippen LogP contribution < -0.4 is 10.5 Å². The van der Waals surface area contributed by atoms with E-state index in [1.165, 1.54) is 6.33 Å². The molecule has 0 unspecified atom stereocenters. The normalized spacial score (nSPS) is 10.8. The fourth-order valence-electron chi connectivity index (χ4n) is 1.72. The fraction of sp³-hybridized carbons (Fsp3) is 0.0833. The van der Waals surface area contributed by atoms with E-state index in [9.17, 15) is 0 Å². The van der Waals surface area contributed by atoms with Crippen LogP contribution in [0.4, 0.5) is 5.69 Å². The zero-order chi connectivity index (χ0) is 13.4. The summed E-state index contributed by atoms with van der Waals surface area (Å²) in [6, 6.07) is 5.02. The van der Waals surface area contributed by atoms with Crippen LogP contribution >= 0.6 is 11.6 Å². The third kappa shape index (κ3) is 2.06. The van der Waals surface area contributed by atoms with E-state index in [1.54, 1.807) is 36.1 Å². The first-order valence-electron chi connectivity index (χ1n) is 5.51.